The highest BCUT2D eigenvalue weighted by Crippen LogP contribution is 2.21. The third-order valence-corrected chi connectivity index (χ3v) is 1.87. The van der Waals surface area contributed by atoms with Crippen molar-refractivity contribution in [1.29, 1.82) is 5.41 Å². The van der Waals surface area contributed by atoms with Gasteiger partial charge in [0.25, 0.3) is 0 Å². The minimum atomic E-state index is -0.373. The summed E-state index contributed by atoms with van der Waals surface area (Å²) in [5.41, 5.74) is 1.91. The lowest BCUT2D eigenvalue weighted by molar-refractivity contribution is 0.624. The Morgan fingerprint density at radius 2 is 2.21 bits per heavy atom. The maximum Gasteiger partial charge on any atom is 0.134 e. The maximum absolute atomic E-state index is 13.5. The molecule has 74 valence electrons. The molecule has 14 heavy (non-hydrogen) atoms. The van der Waals surface area contributed by atoms with Gasteiger partial charge in [0.15, 0.2) is 0 Å². The van der Waals surface area contributed by atoms with E-state index in [4.69, 9.17) is 5.41 Å². The van der Waals surface area contributed by atoms with Gasteiger partial charge in [-0.15, -0.1) is 0 Å². The molecule has 0 atom stereocenters. The van der Waals surface area contributed by atoms with Gasteiger partial charge in [-0.25, -0.2) is 4.39 Å². The monoisotopic (exact) mass is 192 g/mol. The van der Waals surface area contributed by atoms with Crippen LogP contribution in [-0.4, -0.2) is 5.71 Å². The molecule has 0 heterocycles. The number of hydrogen-bond donors (Lipinski definition) is 2. The number of aryl methyl sites for hydroxylation is 1. The molecule has 0 amide bonds. The van der Waals surface area contributed by atoms with Crippen molar-refractivity contribution < 1.29 is 4.39 Å². The molecule has 2 N–H and O–H groups in total. The molecule has 0 unspecified atom stereocenters. The molecular weight excluding hydrogens is 179 g/mol. The second-order valence-electron chi connectivity index (χ2n) is 3.14. The van der Waals surface area contributed by atoms with Crippen LogP contribution in [0.4, 0.5) is 10.1 Å². The highest BCUT2D eigenvalue weighted by Gasteiger charge is 2.10. The lowest BCUT2D eigenvalue weighted by Gasteiger charge is -2.10. The van der Waals surface area contributed by atoms with Crippen LogP contribution in [0.15, 0.2) is 24.9 Å². The second kappa shape index (κ2) is 4.05. The van der Waals surface area contributed by atoms with Gasteiger partial charge in [0.1, 0.15) is 5.82 Å². The van der Waals surface area contributed by atoms with Gasteiger partial charge in [0.05, 0.1) is 11.3 Å². The number of benzene rings is 1. The van der Waals surface area contributed by atoms with Crippen LogP contribution in [-0.2, 0) is 0 Å². The minimum absolute atomic E-state index is 0.201. The lowest BCUT2D eigenvalue weighted by Crippen LogP contribution is -2.03. The average Bonchev–Trinajstić information content (AvgIpc) is 2.01. The molecule has 0 spiro atoms. The van der Waals surface area contributed by atoms with Crippen LogP contribution in [0.2, 0.25) is 0 Å². The molecule has 3 heteroatoms. The zero-order chi connectivity index (χ0) is 10.7. The standard InChI is InChI=1S/C11H13FN2/c1-4-14-10-6-7(2)5-9(12)11(10)8(3)13/h4-6,13-14H,1H2,2-3H3. The molecule has 0 radical (unpaired) electrons. The van der Waals surface area contributed by atoms with Gasteiger partial charge in [-0.3, -0.25) is 0 Å². The fraction of sp³-hybridized carbons (Fsp3) is 0.182. The van der Waals surface area contributed by atoms with E-state index in [1.54, 1.807) is 19.9 Å². The van der Waals surface area contributed by atoms with Crippen LogP contribution in [0.25, 0.3) is 0 Å². The summed E-state index contributed by atoms with van der Waals surface area (Å²) in [4.78, 5) is 0. The SMILES string of the molecule is C=CNc1cc(C)cc(F)c1C(C)=N. The fourth-order valence-electron chi connectivity index (χ4n) is 1.35. The summed E-state index contributed by atoms with van der Waals surface area (Å²) in [7, 11) is 0. The Labute approximate surface area is 83.0 Å². The van der Waals surface area contributed by atoms with Gasteiger partial charge in [-0.1, -0.05) is 6.58 Å². The third-order valence-electron chi connectivity index (χ3n) is 1.87. The smallest absolute Gasteiger partial charge is 0.134 e. The molecule has 0 aliphatic rings. The molecule has 1 aromatic carbocycles. The summed E-state index contributed by atoms with van der Waals surface area (Å²) in [6.45, 7) is 6.88. The number of halogens is 1. The molecule has 0 bridgehead atoms. The molecule has 0 saturated heterocycles. The number of nitrogens with one attached hydrogen (secondary N) is 2. The van der Waals surface area contributed by atoms with Crippen molar-refractivity contribution in [3.8, 4) is 0 Å². The van der Waals surface area contributed by atoms with E-state index in [0.29, 0.717) is 11.3 Å². The highest BCUT2D eigenvalue weighted by molar-refractivity contribution is 6.01. The molecule has 0 fully saturated rings. The summed E-state index contributed by atoms with van der Waals surface area (Å²) in [5, 5.41) is 10.3. The van der Waals surface area contributed by atoms with Crippen molar-refractivity contribution in [3.63, 3.8) is 0 Å². The Kier molecular flexibility index (Phi) is 3.02. The zero-order valence-electron chi connectivity index (χ0n) is 8.32. The Morgan fingerprint density at radius 1 is 1.57 bits per heavy atom. The Bertz CT molecular complexity index is 383. The topological polar surface area (TPSA) is 35.9 Å². The molecule has 0 saturated carbocycles. The van der Waals surface area contributed by atoms with Crippen LogP contribution in [0.1, 0.15) is 18.1 Å². The van der Waals surface area contributed by atoms with Crippen LogP contribution >= 0.6 is 0 Å². The van der Waals surface area contributed by atoms with Crippen LogP contribution in [0, 0.1) is 18.2 Å². The van der Waals surface area contributed by atoms with Gasteiger partial charge < -0.3 is 10.7 Å². The second-order valence-corrected chi connectivity index (χ2v) is 3.14. The van der Waals surface area contributed by atoms with Gasteiger partial charge in [-0.2, -0.15) is 0 Å². The molecule has 0 aliphatic heterocycles. The third kappa shape index (κ3) is 1.99. The van der Waals surface area contributed by atoms with E-state index in [2.05, 4.69) is 11.9 Å². The lowest BCUT2D eigenvalue weighted by atomic mass is 10.1. The van der Waals surface area contributed by atoms with Gasteiger partial charge in [0.2, 0.25) is 0 Å². The van der Waals surface area contributed by atoms with E-state index in [0.717, 1.165) is 5.56 Å². The van der Waals surface area contributed by atoms with Crippen molar-refractivity contribution in [2.24, 2.45) is 0 Å². The van der Waals surface area contributed by atoms with Crippen molar-refractivity contribution in [2.45, 2.75) is 13.8 Å². The summed E-state index contributed by atoms with van der Waals surface area (Å²) in [6, 6.07) is 3.21. The molecule has 1 aromatic rings. The quantitative estimate of drug-likeness (QED) is 0.709. The zero-order valence-corrected chi connectivity index (χ0v) is 8.32. The summed E-state index contributed by atoms with van der Waals surface area (Å²) >= 11 is 0. The van der Waals surface area contributed by atoms with Crippen LogP contribution in [0.5, 0.6) is 0 Å². The van der Waals surface area contributed by atoms with E-state index >= 15 is 0 Å². The Hall–Kier alpha value is -1.64. The van der Waals surface area contributed by atoms with Gasteiger partial charge in [0, 0.05) is 5.71 Å². The number of rotatable bonds is 3. The molecular formula is C11H13FN2. The number of anilines is 1. The Balaban J connectivity index is 3.35. The normalized spacial score (nSPS) is 9.64. The highest BCUT2D eigenvalue weighted by atomic mass is 19.1. The van der Waals surface area contributed by atoms with E-state index in [9.17, 15) is 4.39 Å². The average molecular weight is 192 g/mol. The van der Waals surface area contributed by atoms with E-state index in [-0.39, 0.29) is 11.5 Å². The van der Waals surface area contributed by atoms with Crippen molar-refractivity contribution in [2.75, 3.05) is 5.32 Å². The minimum Gasteiger partial charge on any atom is -0.362 e. The first-order chi connectivity index (χ1) is 6.56. The van der Waals surface area contributed by atoms with Gasteiger partial charge in [-0.05, 0) is 37.7 Å². The molecule has 1 rings (SSSR count). The first kappa shape index (κ1) is 10.4. The van der Waals surface area contributed by atoms with Gasteiger partial charge >= 0.3 is 0 Å². The van der Waals surface area contributed by atoms with E-state index in [1.165, 1.54) is 12.3 Å². The van der Waals surface area contributed by atoms with Crippen molar-refractivity contribution in [1.82, 2.24) is 0 Å². The largest absolute Gasteiger partial charge is 0.362 e. The maximum atomic E-state index is 13.5. The summed E-state index contributed by atoms with van der Waals surface area (Å²) in [6.07, 6.45) is 1.47. The summed E-state index contributed by atoms with van der Waals surface area (Å²) < 4.78 is 13.5. The molecule has 0 aromatic heterocycles. The Morgan fingerprint density at radius 3 is 2.71 bits per heavy atom. The van der Waals surface area contributed by atoms with Crippen molar-refractivity contribution >= 4 is 11.4 Å². The molecule has 0 aliphatic carbocycles. The van der Waals surface area contributed by atoms with Crippen LogP contribution < -0.4 is 5.32 Å². The van der Waals surface area contributed by atoms with E-state index < -0.39 is 0 Å². The predicted octanol–water partition coefficient (Wildman–Crippen LogP) is 3.08. The fourth-order valence-corrected chi connectivity index (χ4v) is 1.35. The first-order valence-corrected chi connectivity index (χ1v) is 4.29. The summed E-state index contributed by atoms with van der Waals surface area (Å²) in [5.74, 6) is -0.373. The van der Waals surface area contributed by atoms with E-state index in [1.807, 2.05) is 0 Å². The number of hydrogen-bond acceptors (Lipinski definition) is 2. The van der Waals surface area contributed by atoms with Crippen LogP contribution in [0.3, 0.4) is 0 Å². The first-order valence-electron chi connectivity index (χ1n) is 4.29. The molecule has 2 nitrogen and oxygen atoms in total. The van der Waals surface area contributed by atoms with Crippen molar-refractivity contribution in [3.05, 3.63) is 41.9 Å². The predicted molar refractivity (Wildman–Crippen MR) is 57.5 cm³/mol.